The molecule has 0 spiro atoms. The topological polar surface area (TPSA) is 104 Å². The van der Waals surface area contributed by atoms with Crippen LogP contribution in [0.15, 0.2) is 56.4 Å². The Morgan fingerprint density at radius 1 is 1.03 bits per heavy atom. The van der Waals surface area contributed by atoms with Crippen LogP contribution in [-0.2, 0) is 27.1 Å². The second-order valence-electron chi connectivity index (χ2n) is 7.79. The number of hydrogen-bond donors (Lipinski definition) is 1. The van der Waals surface area contributed by atoms with Gasteiger partial charge in [0.15, 0.2) is 11.2 Å². The molecule has 0 aliphatic carbocycles. The zero-order valence-corrected chi connectivity index (χ0v) is 17.8. The quantitative estimate of drug-likeness (QED) is 0.367. The van der Waals surface area contributed by atoms with Crippen molar-refractivity contribution < 1.29 is 5.11 Å². The molecule has 0 unspecified atom stereocenters. The molecule has 4 aromatic rings. The Hall–Kier alpha value is -2.88. The van der Waals surface area contributed by atoms with Crippen molar-refractivity contribution in [3.63, 3.8) is 0 Å². The first kappa shape index (κ1) is 23.8. The zero-order chi connectivity index (χ0) is 22.4. The van der Waals surface area contributed by atoms with Crippen molar-refractivity contribution in [2.75, 3.05) is 0 Å². The van der Waals surface area contributed by atoms with E-state index in [2.05, 4.69) is 4.98 Å². The number of benzene rings is 1. The van der Waals surface area contributed by atoms with Gasteiger partial charge < -0.3 is 5.11 Å². The Morgan fingerprint density at radius 2 is 1.69 bits per heavy atom. The van der Waals surface area contributed by atoms with Crippen LogP contribution in [0.2, 0.25) is 0 Å². The second-order valence-corrected chi connectivity index (χ2v) is 7.79. The van der Waals surface area contributed by atoms with Gasteiger partial charge in [-0.15, -0.1) is 0 Å². The van der Waals surface area contributed by atoms with Crippen LogP contribution in [0, 0.1) is 0 Å². The molecule has 0 saturated heterocycles. The number of aromatic nitrogens is 5. The summed E-state index contributed by atoms with van der Waals surface area (Å²) in [5, 5.41) is 11.0. The molecule has 0 saturated carbocycles. The molecule has 32 heavy (non-hydrogen) atoms. The van der Waals surface area contributed by atoms with E-state index in [0.717, 1.165) is 15.7 Å². The summed E-state index contributed by atoms with van der Waals surface area (Å²) in [7, 11) is 2.86. The maximum atomic E-state index is 13.4. The number of aromatic hydroxyl groups is 1. The predicted molar refractivity (Wildman–Crippen MR) is 125 cm³/mol. The van der Waals surface area contributed by atoms with Crippen LogP contribution >= 0.6 is 0 Å². The van der Waals surface area contributed by atoms with Gasteiger partial charge >= 0.3 is 35.2 Å². The number of imidazole rings is 1. The average molecular weight is 445 g/mol. The van der Waals surface area contributed by atoms with Gasteiger partial charge in [0.2, 0.25) is 11.7 Å². The summed E-state index contributed by atoms with van der Waals surface area (Å²) in [6, 6.07) is 9.36. The number of nitrogens with zero attached hydrogens (tertiary/aromatic N) is 5. The van der Waals surface area contributed by atoms with Crippen LogP contribution in [0.25, 0.3) is 16.9 Å². The Balaban J connectivity index is 0.00000289. The van der Waals surface area contributed by atoms with Crippen LogP contribution in [0.1, 0.15) is 25.0 Å². The van der Waals surface area contributed by atoms with E-state index in [1.54, 1.807) is 0 Å². The van der Waals surface area contributed by atoms with Gasteiger partial charge in [-0.05, 0) is 19.4 Å². The van der Waals surface area contributed by atoms with Gasteiger partial charge in [-0.25, -0.2) is 9.20 Å². The van der Waals surface area contributed by atoms with E-state index in [0.29, 0.717) is 0 Å². The van der Waals surface area contributed by atoms with Gasteiger partial charge in [0.05, 0.1) is 12.1 Å². The number of hydrogen-bond acceptors (Lipinski definition) is 5. The van der Waals surface area contributed by atoms with Crippen LogP contribution in [0.4, 0.5) is 0 Å². The van der Waals surface area contributed by atoms with Crippen LogP contribution < -0.4 is 16.8 Å². The summed E-state index contributed by atoms with van der Waals surface area (Å²) in [6.45, 7) is 4.00. The molecule has 10 heteroatoms. The third-order valence-electron chi connectivity index (χ3n) is 5.36. The minimum absolute atomic E-state index is 0. The van der Waals surface area contributed by atoms with Crippen LogP contribution in [-0.4, -0.2) is 57.7 Å². The molecule has 0 aliphatic rings. The molecule has 0 bridgehead atoms. The number of allylic oxidation sites excluding steroid dienone is 2. The molecule has 162 valence electrons. The van der Waals surface area contributed by atoms with Crippen molar-refractivity contribution in [2.45, 2.75) is 26.8 Å². The summed E-state index contributed by atoms with van der Waals surface area (Å²) in [5.41, 5.74) is 0.604. The molecule has 1 aromatic carbocycles. The fraction of sp³-hybridized carbons (Fsp3) is 0.273. The molecule has 1 N–H and O–H groups in total. The first-order valence-electron chi connectivity index (χ1n) is 9.82. The summed E-state index contributed by atoms with van der Waals surface area (Å²) >= 11 is 0. The van der Waals surface area contributed by atoms with Crippen molar-refractivity contribution in [3.05, 3.63) is 84.3 Å². The maximum absolute atomic E-state index is 13.4. The van der Waals surface area contributed by atoms with Gasteiger partial charge in [-0.1, -0.05) is 42.0 Å². The van der Waals surface area contributed by atoms with Crippen molar-refractivity contribution in [1.29, 1.82) is 0 Å². The predicted octanol–water partition coefficient (Wildman–Crippen LogP) is 0.661. The Bertz CT molecular complexity index is 1540. The van der Waals surface area contributed by atoms with Gasteiger partial charge in [0.25, 0.3) is 11.1 Å². The molecule has 3 heterocycles. The third kappa shape index (κ3) is 3.76. The Morgan fingerprint density at radius 3 is 2.31 bits per heavy atom. The van der Waals surface area contributed by atoms with Crippen molar-refractivity contribution in [3.8, 4) is 5.88 Å². The number of fused-ring (bicyclic) bond motifs is 3. The summed E-state index contributed by atoms with van der Waals surface area (Å²) in [6.07, 6.45) is 2.03. The molecule has 9 nitrogen and oxygen atoms in total. The molecular formula is C22H24N5NaO4. The Labute approximate surface area is 205 Å². The molecule has 3 aromatic heterocycles. The molecule has 0 atom stereocenters. The van der Waals surface area contributed by atoms with Crippen molar-refractivity contribution in [1.82, 2.24) is 23.1 Å². The van der Waals surface area contributed by atoms with Crippen molar-refractivity contribution in [2.24, 2.45) is 14.1 Å². The summed E-state index contributed by atoms with van der Waals surface area (Å²) in [4.78, 5) is 43.1. The molecule has 0 radical (unpaired) electrons. The molecular weight excluding hydrogens is 421 g/mol. The number of aryl methyl sites for hydroxylation is 1. The average Bonchev–Trinajstić information content (AvgIpc) is 3.15. The second kappa shape index (κ2) is 8.93. The molecule has 0 amide bonds. The van der Waals surface area contributed by atoms with E-state index < -0.39 is 16.8 Å². The Kier molecular flexibility index (Phi) is 6.64. The fourth-order valence-corrected chi connectivity index (χ4v) is 3.64. The number of rotatable bonds is 4. The molecule has 0 aliphatic heterocycles. The van der Waals surface area contributed by atoms with E-state index in [1.807, 2.05) is 50.3 Å². The monoisotopic (exact) mass is 445 g/mol. The van der Waals surface area contributed by atoms with Gasteiger partial charge in [-0.3, -0.25) is 23.3 Å². The SMILES string of the molecule is CC(C)=CCc1c(O)n2c3c(=O)n(C)c(=O)n(C)c3nc2n(Cc2ccccc2)c1=O.[NaH]. The fourth-order valence-electron chi connectivity index (χ4n) is 3.64. The molecule has 4 rings (SSSR count). The molecule has 0 fully saturated rings. The van der Waals surface area contributed by atoms with Crippen LogP contribution in [0.5, 0.6) is 5.88 Å². The van der Waals surface area contributed by atoms with Crippen molar-refractivity contribution >= 4 is 46.5 Å². The summed E-state index contributed by atoms with van der Waals surface area (Å²) in [5.74, 6) is -0.249. The third-order valence-corrected chi connectivity index (χ3v) is 5.36. The van der Waals surface area contributed by atoms with Crippen LogP contribution in [0.3, 0.4) is 0 Å². The van der Waals surface area contributed by atoms with E-state index in [1.165, 1.54) is 27.6 Å². The van der Waals surface area contributed by atoms with E-state index >= 15 is 0 Å². The first-order valence-corrected chi connectivity index (χ1v) is 9.82. The summed E-state index contributed by atoms with van der Waals surface area (Å²) < 4.78 is 4.89. The van der Waals surface area contributed by atoms with Gasteiger partial charge in [0, 0.05) is 20.5 Å². The van der Waals surface area contributed by atoms with E-state index in [-0.39, 0.29) is 70.9 Å². The van der Waals surface area contributed by atoms with E-state index in [9.17, 15) is 19.5 Å². The first-order chi connectivity index (χ1) is 14.7. The minimum atomic E-state index is -0.598. The van der Waals surface area contributed by atoms with Gasteiger partial charge in [0.1, 0.15) is 0 Å². The zero-order valence-electron chi connectivity index (χ0n) is 17.8. The standard InChI is InChI=1S/C22H23N5O4.Na.H/c1-13(2)10-11-15-18(28)26(12-14-8-6-5-7-9-14)21-23-17-16(27(21)19(15)29)20(30)25(4)22(31)24(17)3;;/h5-10,29H,11-12H2,1-4H3;;. The normalized spacial score (nSPS) is 11.0. The van der Waals surface area contributed by atoms with Gasteiger partial charge in [-0.2, -0.15) is 4.98 Å². The van der Waals surface area contributed by atoms with E-state index in [4.69, 9.17) is 0 Å².